The van der Waals surface area contributed by atoms with Gasteiger partial charge in [0.15, 0.2) is 11.6 Å². The molecule has 1 fully saturated rings. The number of rotatable bonds is 5. The summed E-state index contributed by atoms with van der Waals surface area (Å²) in [6, 6.07) is 4.70. The first-order valence-corrected chi connectivity index (χ1v) is 5.85. The van der Waals surface area contributed by atoms with E-state index in [0.29, 0.717) is 12.4 Å². The smallest absolute Gasteiger partial charge is 0.165 e. The first-order valence-electron chi connectivity index (χ1n) is 5.85. The van der Waals surface area contributed by atoms with Gasteiger partial charge in [0.1, 0.15) is 0 Å². The molecular weight excluding hydrogens is 205 g/mol. The van der Waals surface area contributed by atoms with Gasteiger partial charge in [-0.3, -0.25) is 0 Å². The van der Waals surface area contributed by atoms with Crippen molar-refractivity contribution in [1.29, 1.82) is 0 Å². The number of para-hydroxylation sites is 1. The van der Waals surface area contributed by atoms with Gasteiger partial charge in [0, 0.05) is 11.6 Å². The van der Waals surface area contributed by atoms with Crippen LogP contribution in [0.1, 0.15) is 37.8 Å². The summed E-state index contributed by atoms with van der Waals surface area (Å²) in [6.07, 6.45) is 3.61. The van der Waals surface area contributed by atoms with Gasteiger partial charge in [-0.05, 0) is 25.3 Å². The van der Waals surface area contributed by atoms with Crippen molar-refractivity contribution in [2.75, 3.05) is 6.61 Å². The highest BCUT2D eigenvalue weighted by Gasteiger charge is 2.21. The molecular formula is C13H18FNO. The van der Waals surface area contributed by atoms with E-state index >= 15 is 0 Å². The van der Waals surface area contributed by atoms with Crippen molar-refractivity contribution >= 4 is 0 Å². The van der Waals surface area contributed by atoms with Crippen LogP contribution in [-0.4, -0.2) is 6.61 Å². The molecule has 1 aromatic rings. The lowest BCUT2D eigenvalue weighted by atomic mass is 10.1. The van der Waals surface area contributed by atoms with E-state index in [1.807, 2.05) is 13.0 Å². The topological polar surface area (TPSA) is 35.2 Å². The van der Waals surface area contributed by atoms with E-state index in [-0.39, 0.29) is 11.9 Å². The molecule has 2 N–H and O–H groups in total. The molecule has 0 aromatic heterocycles. The lowest BCUT2D eigenvalue weighted by molar-refractivity contribution is 0.283. The molecule has 3 heteroatoms. The SMILES string of the molecule is C[C@H](N)c1cccc(F)c1OCCC1CC1. The summed E-state index contributed by atoms with van der Waals surface area (Å²) in [6.45, 7) is 2.42. The first-order chi connectivity index (χ1) is 7.68. The molecule has 88 valence electrons. The predicted molar refractivity (Wildman–Crippen MR) is 61.8 cm³/mol. The van der Waals surface area contributed by atoms with Gasteiger partial charge in [0.05, 0.1) is 6.61 Å². The van der Waals surface area contributed by atoms with Crippen molar-refractivity contribution in [3.8, 4) is 5.75 Å². The molecule has 1 atom stereocenters. The molecule has 0 heterocycles. The van der Waals surface area contributed by atoms with Crippen LogP contribution in [-0.2, 0) is 0 Å². The summed E-state index contributed by atoms with van der Waals surface area (Å²) in [4.78, 5) is 0. The van der Waals surface area contributed by atoms with Crippen molar-refractivity contribution in [1.82, 2.24) is 0 Å². The third kappa shape index (κ3) is 2.73. The van der Waals surface area contributed by atoms with Gasteiger partial charge in [-0.25, -0.2) is 4.39 Å². The second kappa shape index (κ2) is 4.83. The second-order valence-electron chi connectivity index (χ2n) is 4.53. The van der Waals surface area contributed by atoms with Gasteiger partial charge in [0.25, 0.3) is 0 Å². The molecule has 0 saturated heterocycles. The fourth-order valence-electron chi connectivity index (χ4n) is 1.77. The van der Waals surface area contributed by atoms with Crippen LogP contribution >= 0.6 is 0 Å². The summed E-state index contributed by atoms with van der Waals surface area (Å²) in [5.74, 6) is 0.814. The average molecular weight is 223 g/mol. The Morgan fingerprint density at radius 3 is 2.88 bits per heavy atom. The lowest BCUT2D eigenvalue weighted by Gasteiger charge is -2.14. The number of nitrogens with two attached hydrogens (primary N) is 1. The van der Waals surface area contributed by atoms with E-state index in [1.54, 1.807) is 6.07 Å². The Bertz CT molecular complexity index is 361. The maximum atomic E-state index is 13.6. The minimum atomic E-state index is -0.314. The van der Waals surface area contributed by atoms with Gasteiger partial charge < -0.3 is 10.5 Å². The van der Waals surface area contributed by atoms with Crippen molar-refractivity contribution in [2.24, 2.45) is 11.7 Å². The summed E-state index contributed by atoms with van der Waals surface area (Å²) in [5, 5.41) is 0. The van der Waals surface area contributed by atoms with Crippen LogP contribution in [0.2, 0.25) is 0 Å². The van der Waals surface area contributed by atoms with Crippen molar-refractivity contribution < 1.29 is 9.13 Å². The fourth-order valence-corrected chi connectivity index (χ4v) is 1.77. The molecule has 0 bridgehead atoms. The Kier molecular flexibility index (Phi) is 3.44. The van der Waals surface area contributed by atoms with Gasteiger partial charge >= 0.3 is 0 Å². The summed E-state index contributed by atoms with van der Waals surface area (Å²) in [7, 11) is 0. The van der Waals surface area contributed by atoms with Crippen LogP contribution in [0.4, 0.5) is 4.39 Å². The number of hydrogen-bond acceptors (Lipinski definition) is 2. The third-order valence-corrected chi connectivity index (χ3v) is 2.96. The van der Waals surface area contributed by atoms with Crippen LogP contribution in [0.5, 0.6) is 5.75 Å². The summed E-state index contributed by atoms with van der Waals surface area (Å²) >= 11 is 0. The van der Waals surface area contributed by atoms with E-state index in [1.165, 1.54) is 18.9 Å². The Balaban J connectivity index is 2.03. The minimum Gasteiger partial charge on any atom is -0.490 e. The Morgan fingerprint density at radius 1 is 1.50 bits per heavy atom. The zero-order valence-corrected chi connectivity index (χ0v) is 9.58. The van der Waals surface area contributed by atoms with Gasteiger partial charge in [-0.15, -0.1) is 0 Å². The maximum Gasteiger partial charge on any atom is 0.165 e. The van der Waals surface area contributed by atoms with Crippen LogP contribution in [0.25, 0.3) is 0 Å². The molecule has 1 aliphatic rings. The molecule has 1 saturated carbocycles. The quantitative estimate of drug-likeness (QED) is 0.832. The van der Waals surface area contributed by atoms with Crippen molar-refractivity contribution in [3.05, 3.63) is 29.6 Å². The first kappa shape index (κ1) is 11.4. The zero-order chi connectivity index (χ0) is 11.5. The van der Waals surface area contributed by atoms with Crippen LogP contribution < -0.4 is 10.5 Å². The van der Waals surface area contributed by atoms with Crippen LogP contribution in [0, 0.1) is 11.7 Å². The van der Waals surface area contributed by atoms with Crippen LogP contribution in [0.3, 0.4) is 0 Å². The maximum absolute atomic E-state index is 13.6. The molecule has 0 radical (unpaired) electrons. The fraction of sp³-hybridized carbons (Fsp3) is 0.538. The highest BCUT2D eigenvalue weighted by atomic mass is 19.1. The monoisotopic (exact) mass is 223 g/mol. The number of halogens is 1. The molecule has 0 amide bonds. The zero-order valence-electron chi connectivity index (χ0n) is 9.58. The highest BCUT2D eigenvalue weighted by Crippen LogP contribution is 2.33. The molecule has 0 spiro atoms. The van der Waals surface area contributed by atoms with Gasteiger partial charge in [0.2, 0.25) is 0 Å². The summed E-state index contributed by atoms with van der Waals surface area (Å²) < 4.78 is 19.1. The van der Waals surface area contributed by atoms with Gasteiger partial charge in [-0.2, -0.15) is 0 Å². The molecule has 1 aromatic carbocycles. The average Bonchev–Trinajstić information content (AvgIpc) is 3.04. The van der Waals surface area contributed by atoms with E-state index < -0.39 is 0 Å². The Labute approximate surface area is 95.6 Å². The minimum absolute atomic E-state index is 0.202. The highest BCUT2D eigenvalue weighted by molar-refractivity contribution is 5.36. The second-order valence-corrected chi connectivity index (χ2v) is 4.53. The third-order valence-electron chi connectivity index (χ3n) is 2.96. The summed E-state index contributed by atoms with van der Waals surface area (Å²) in [5.41, 5.74) is 6.53. The number of ether oxygens (including phenoxy) is 1. The molecule has 0 aliphatic heterocycles. The molecule has 2 rings (SSSR count). The van der Waals surface area contributed by atoms with Crippen LogP contribution in [0.15, 0.2) is 18.2 Å². The Hall–Kier alpha value is -1.09. The van der Waals surface area contributed by atoms with E-state index in [4.69, 9.17) is 10.5 Å². The predicted octanol–water partition coefficient (Wildman–Crippen LogP) is 3.02. The molecule has 0 unspecified atom stereocenters. The molecule has 1 aliphatic carbocycles. The normalized spacial score (nSPS) is 17.2. The van der Waals surface area contributed by atoms with Crippen molar-refractivity contribution in [2.45, 2.75) is 32.2 Å². The largest absolute Gasteiger partial charge is 0.490 e. The van der Waals surface area contributed by atoms with E-state index in [2.05, 4.69) is 0 Å². The standard InChI is InChI=1S/C13H18FNO/c1-9(15)11-3-2-4-12(14)13(11)16-8-7-10-5-6-10/h2-4,9-10H,5-8,15H2,1H3/t9-/m0/s1. The number of benzene rings is 1. The van der Waals surface area contributed by atoms with E-state index in [0.717, 1.165) is 17.9 Å². The number of hydrogen-bond donors (Lipinski definition) is 1. The molecule has 2 nitrogen and oxygen atoms in total. The van der Waals surface area contributed by atoms with Crippen molar-refractivity contribution in [3.63, 3.8) is 0 Å². The molecule has 16 heavy (non-hydrogen) atoms. The lowest BCUT2D eigenvalue weighted by Crippen LogP contribution is -2.10. The van der Waals surface area contributed by atoms with E-state index in [9.17, 15) is 4.39 Å². The Morgan fingerprint density at radius 2 is 2.25 bits per heavy atom. The van der Waals surface area contributed by atoms with Gasteiger partial charge in [-0.1, -0.05) is 25.0 Å².